The van der Waals surface area contributed by atoms with Crippen LogP contribution in [-0.2, 0) is 4.79 Å². The number of hydrogen-bond acceptors (Lipinski definition) is 1. The predicted octanol–water partition coefficient (Wildman–Crippen LogP) is 2.49. The fourth-order valence-electron chi connectivity index (χ4n) is 1.37. The molecule has 0 aromatic heterocycles. The number of carbonyl (C=O) groups is 1. The van der Waals surface area contributed by atoms with Crippen LogP contribution in [0.2, 0.25) is 0 Å². The Kier molecular flexibility index (Phi) is 2.09. The number of carbonyl (C=O) groups excluding carboxylic acids is 1. The van der Waals surface area contributed by atoms with Crippen LogP contribution in [0.1, 0.15) is 6.42 Å². The number of rotatable bonds is 0. The third-order valence-corrected chi connectivity index (χ3v) is 2.08. The number of hydrogen-bond donors (Lipinski definition) is 0. The van der Waals surface area contributed by atoms with Crippen molar-refractivity contribution in [2.45, 2.75) is 6.42 Å². The first-order valence-electron chi connectivity index (χ1n) is 4.33. The molecule has 2 aliphatic rings. The lowest BCUT2D eigenvalue weighted by Gasteiger charge is -1.98. The van der Waals surface area contributed by atoms with Crippen LogP contribution in [0.3, 0.4) is 0 Å². The first-order valence-corrected chi connectivity index (χ1v) is 4.33. The average molecular weight is 170 g/mol. The monoisotopic (exact) mass is 170 g/mol. The molecule has 13 heavy (non-hydrogen) atoms. The maximum absolute atomic E-state index is 11.1. The summed E-state index contributed by atoms with van der Waals surface area (Å²) in [6.45, 7) is 0. The zero-order valence-electron chi connectivity index (χ0n) is 7.23. The second kappa shape index (κ2) is 3.40. The van der Waals surface area contributed by atoms with Crippen molar-refractivity contribution in [3.8, 4) is 0 Å². The minimum Gasteiger partial charge on any atom is -0.295 e. The Morgan fingerprint density at radius 1 is 0.923 bits per heavy atom. The molecule has 2 rings (SSSR count). The van der Waals surface area contributed by atoms with Crippen molar-refractivity contribution < 1.29 is 4.79 Å². The summed E-state index contributed by atoms with van der Waals surface area (Å²) >= 11 is 0. The van der Waals surface area contributed by atoms with Crippen LogP contribution in [0, 0.1) is 0 Å². The van der Waals surface area contributed by atoms with Gasteiger partial charge in [-0.15, -0.1) is 0 Å². The van der Waals surface area contributed by atoms with Crippen molar-refractivity contribution in [3.05, 3.63) is 59.8 Å². The molecule has 0 N–H and O–H groups in total. The lowest BCUT2D eigenvalue weighted by atomic mass is 10.1. The van der Waals surface area contributed by atoms with Crippen LogP contribution in [0.5, 0.6) is 0 Å². The van der Waals surface area contributed by atoms with Crippen molar-refractivity contribution >= 4 is 5.78 Å². The second-order valence-corrected chi connectivity index (χ2v) is 3.03. The Labute approximate surface area is 77.5 Å². The Bertz CT molecular complexity index is 376. The zero-order chi connectivity index (χ0) is 9.10. The fraction of sp³-hybridized carbons (Fsp3) is 0.0833. The summed E-state index contributed by atoms with van der Waals surface area (Å²) in [7, 11) is 0. The molecule has 2 aliphatic carbocycles. The molecule has 0 saturated carbocycles. The van der Waals surface area contributed by atoms with Crippen LogP contribution in [0.4, 0.5) is 0 Å². The van der Waals surface area contributed by atoms with Crippen LogP contribution in [0.25, 0.3) is 0 Å². The molecule has 0 bridgehead atoms. The Balaban J connectivity index is 2.46. The van der Waals surface area contributed by atoms with Gasteiger partial charge in [0.1, 0.15) is 0 Å². The standard InChI is InChI=1S/C12H10O/c13-12-8-6-10-4-2-1-3-5-11(10)7-9-12/h1-8H,9H2. The van der Waals surface area contributed by atoms with Crippen molar-refractivity contribution in [1.29, 1.82) is 0 Å². The molecule has 0 heterocycles. The molecule has 0 spiro atoms. The topological polar surface area (TPSA) is 17.1 Å². The minimum absolute atomic E-state index is 0.166. The summed E-state index contributed by atoms with van der Waals surface area (Å²) < 4.78 is 0. The summed E-state index contributed by atoms with van der Waals surface area (Å²) in [5.74, 6) is 0.166. The molecule has 0 unspecified atom stereocenters. The lowest BCUT2D eigenvalue weighted by molar-refractivity contribution is -0.113. The highest BCUT2D eigenvalue weighted by Crippen LogP contribution is 2.19. The highest BCUT2D eigenvalue weighted by atomic mass is 16.1. The summed E-state index contributed by atoms with van der Waals surface area (Å²) in [5, 5.41) is 0. The second-order valence-electron chi connectivity index (χ2n) is 3.03. The van der Waals surface area contributed by atoms with E-state index in [0.29, 0.717) is 6.42 Å². The van der Waals surface area contributed by atoms with E-state index in [4.69, 9.17) is 0 Å². The molecule has 0 atom stereocenters. The van der Waals surface area contributed by atoms with E-state index >= 15 is 0 Å². The van der Waals surface area contributed by atoms with Gasteiger partial charge in [0.2, 0.25) is 0 Å². The molecule has 0 aromatic rings. The van der Waals surface area contributed by atoms with Crippen LogP contribution in [-0.4, -0.2) is 5.78 Å². The Hall–Kier alpha value is -1.63. The first kappa shape index (κ1) is 7.99. The summed E-state index contributed by atoms with van der Waals surface area (Å²) in [6.07, 6.45) is 16.0. The van der Waals surface area contributed by atoms with Gasteiger partial charge in [-0.2, -0.15) is 0 Å². The molecule has 1 heteroatoms. The quantitative estimate of drug-likeness (QED) is 0.546. The maximum Gasteiger partial charge on any atom is 0.159 e. The fourth-order valence-corrected chi connectivity index (χ4v) is 1.37. The molecular weight excluding hydrogens is 160 g/mol. The van der Waals surface area contributed by atoms with Gasteiger partial charge < -0.3 is 0 Å². The largest absolute Gasteiger partial charge is 0.295 e. The molecule has 0 amide bonds. The smallest absolute Gasteiger partial charge is 0.159 e. The van der Waals surface area contributed by atoms with Crippen LogP contribution in [0.15, 0.2) is 59.8 Å². The number of fused-ring (bicyclic) bond motifs is 1. The van der Waals surface area contributed by atoms with E-state index < -0.39 is 0 Å². The van der Waals surface area contributed by atoms with Crippen LogP contribution < -0.4 is 0 Å². The third kappa shape index (κ3) is 1.75. The minimum atomic E-state index is 0.166. The van der Waals surface area contributed by atoms with E-state index in [1.165, 1.54) is 0 Å². The Morgan fingerprint density at radius 2 is 1.85 bits per heavy atom. The van der Waals surface area contributed by atoms with E-state index in [9.17, 15) is 4.79 Å². The molecule has 0 saturated heterocycles. The SMILES string of the molecule is O=C1C=CC2=CC=CC=CC2=CC1. The normalized spacial score (nSPS) is 20.2. The Morgan fingerprint density at radius 3 is 2.77 bits per heavy atom. The summed E-state index contributed by atoms with van der Waals surface area (Å²) in [6, 6.07) is 0. The van der Waals surface area contributed by atoms with E-state index in [-0.39, 0.29) is 5.78 Å². The van der Waals surface area contributed by atoms with Crippen molar-refractivity contribution in [2.24, 2.45) is 0 Å². The van der Waals surface area contributed by atoms with E-state index in [0.717, 1.165) is 11.1 Å². The zero-order valence-corrected chi connectivity index (χ0v) is 7.23. The van der Waals surface area contributed by atoms with Gasteiger partial charge in [0, 0.05) is 6.42 Å². The summed E-state index contributed by atoms with van der Waals surface area (Å²) in [4.78, 5) is 11.1. The van der Waals surface area contributed by atoms with Gasteiger partial charge in [-0.3, -0.25) is 4.79 Å². The summed E-state index contributed by atoms with van der Waals surface area (Å²) in [5.41, 5.74) is 2.24. The number of ketones is 1. The molecule has 0 aliphatic heterocycles. The average Bonchev–Trinajstić information content (AvgIpc) is 2.43. The highest BCUT2D eigenvalue weighted by Gasteiger charge is 2.05. The molecule has 0 fully saturated rings. The van der Waals surface area contributed by atoms with Crippen molar-refractivity contribution in [1.82, 2.24) is 0 Å². The number of allylic oxidation sites excluding steroid dienone is 10. The highest BCUT2D eigenvalue weighted by molar-refractivity contribution is 5.92. The van der Waals surface area contributed by atoms with Gasteiger partial charge in [0.15, 0.2) is 5.78 Å². The molecule has 1 nitrogen and oxygen atoms in total. The van der Waals surface area contributed by atoms with E-state index in [1.54, 1.807) is 6.08 Å². The van der Waals surface area contributed by atoms with Gasteiger partial charge in [0.25, 0.3) is 0 Å². The van der Waals surface area contributed by atoms with Crippen molar-refractivity contribution in [3.63, 3.8) is 0 Å². The predicted molar refractivity (Wildman–Crippen MR) is 53.2 cm³/mol. The van der Waals surface area contributed by atoms with Crippen LogP contribution >= 0.6 is 0 Å². The first-order chi connectivity index (χ1) is 6.36. The lowest BCUT2D eigenvalue weighted by Crippen LogP contribution is -1.86. The van der Waals surface area contributed by atoms with E-state index in [1.807, 2.05) is 42.5 Å². The molecule has 0 aromatic carbocycles. The van der Waals surface area contributed by atoms with Gasteiger partial charge in [-0.25, -0.2) is 0 Å². The van der Waals surface area contributed by atoms with Gasteiger partial charge >= 0.3 is 0 Å². The van der Waals surface area contributed by atoms with Gasteiger partial charge in [-0.05, 0) is 17.2 Å². The molecular formula is C12H10O. The third-order valence-electron chi connectivity index (χ3n) is 2.08. The molecule has 0 radical (unpaired) electrons. The maximum atomic E-state index is 11.1. The van der Waals surface area contributed by atoms with Gasteiger partial charge in [-0.1, -0.05) is 42.5 Å². The van der Waals surface area contributed by atoms with Gasteiger partial charge in [0.05, 0.1) is 0 Å². The molecule has 64 valence electrons. The van der Waals surface area contributed by atoms with E-state index in [2.05, 4.69) is 0 Å². The van der Waals surface area contributed by atoms with Crippen molar-refractivity contribution in [2.75, 3.05) is 0 Å².